The van der Waals surface area contributed by atoms with Gasteiger partial charge in [0.25, 0.3) is 0 Å². The van der Waals surface area contributed by atoms with Crippen LogP contribution in [0.25, 0.3) is 0 Å². The summed E-state index contributed by atoms with van der Waals surface area (Å²) in [4.78, 5) is 14.2. The maximum atomic E-state index is 12.2. The average molecular weight is 236 g/mol. The molecule has 1 N–H and O–H groups in total. The highest BCUT2D eigenvalue weighted by atomic mass is 16.2. The normalized spacial score (nSPS) is 39.8. The summed E-state index contributed by atoms with van der Waals surface area (Å²) in [6.45, 7) is 2.01. The Labute approximate surface area is 104 Å². The first-order valence-corrected chi connectivity index (χ1v) is 7.22. The number of carbonyl (C=O) groups is 1. The first kappa shape index (κ1) is 11.5. The van der Waals surface area contributed by atoms with Crippen LogP contribution in [0.15, 0.2) is 0 Å². The Kier molecular flexibility index (Phi) is 3.12. The van der Waals surface area contributed by atoms with Crippen molar-refractivity contribution in [1.29, 1.82) is 0 Å². The Morgan fingerprint density at radius 1 is 1.29 bits per heavy atom. The number of carbonyl (C=O) groups excluding carboxylic acids is 1. The lowest BCUT2D eigenvalue weighted by atomic mass is 9.88. The van der Waals surface area contributed by atoms with E-state index in [1.165, 1.54) is 25.7 Å². The lowest BCUT2D eigenvalue weighted by Crippen LogP contribution is -2.44. The summed E-state index contributed by atoms with van der Waals surface area (Å²) in [7, 11) is 1.99. The minimum absolute atomic E-state index is 0.110. The standard InChI is InChI=1S/C14H24N2O/c1-16(14(17)13-3-2-6-15-13)9-12-8-10-4-5-11(12)7-10/h10-13,15H,2-9H2,1H3/t10?,11?,12?,13-/m0/s1. The van der Waals surface area contributed by atoms with Crippen LogP contribution in [-0.2, 0) is 4.79 Å². The number of hydrogen-bond donors (Lipinski definition) is 1. The molecule has 3 rings (SSSR count). The van der Waals surface area contributed by atoms with Gasteiger partial charge in [-0.15, -0.1) is 0 Å². The van der Waals surface area contributed by atoms with Crippen molar-refractivity contribution >= 4 is 5.91 Å². The fourth-order valence-corrected chi connectivity index (χ4v) is 4.20. The number of rotatable bonds is 3. The highest BCUT2D eigenvalue weighted by Gasteiger charge is 2.40. The van der Waals surface area contributed by atoms with Gasteiger partial charge in [0.1, 0.15) is 0 Å². The summed E-state index contributed by atoms with van der Waals surface area (Å²) in [5.41, 5.74) is 0. The van der Waals surface area contributed by atoms with Crippen LogP contribution in [0.2, 0.25) is 0 Å². The summed E-state index contributed by atoms with van der Waals surface area (Å²) in [6.07, 6.45) is 7.86. The molecule has 1 amide bonds. The van der Waals surface area contributed by atoms with Crippen LogP contribution >= 0.6 is 0 Å². The van der Waals surface area contributed by atoms with E-state index in [9.17, 15) is 4.79 Å². The average Bonchev–Trinajstić information content (AvgIpc) is 3.04. The van der Waals surface area contributed by atoms with Gasteiger partial charge in [0.05, 0.1) is 6.04 Å². The maximum Gasteiger partial charge on any atom is 0.239 e. The molecule has 4 atom stereocenters. The third-order valence-electron chi connectivity index (χ3n) is 5.13. The van der Waals surface area contributed by atoms with Gasteiger partial charge in [-0.2, -0.15) is 0 Å². The Morgan fingerprint density at radius 3 is 2.76 bits per heavy atom. The zero-order valence-corrected chi connectivity index (χ0v) is 10.8. The summed E-state index contributed by atoms with van der Waals surface area (Å²) in [5.74, 6) is 3.03. The van der Waals surface area contributed by atoms with Gasteiger partial charge in [0.15, 0.2) is 0 Å². The number of amides is 1. The van der Waals surface area contributed by atoms with Crippen LogP contribution in [0.1, 0.15) is 38.5 Å². The van der Waals surface area contributed by atoms with Crippen molar-refractivity contribution in [1.82, 2.24) is 10.2 Å². The largest absolute Gasteiger partial charge is 0.344 e. The highest BCUT2D eigenvalue weighted by Crippen LogP contribution is 2.48. The van der Waals surface area contributed by atoms with Crippen LogP contribution < -0.4 is 5.32 Å². The van der Waals surface area contributed by atoms with Gasteiger partial charge in [-0.3, -0.25) is 4.79 Å². The fraction of sp³-hybridized carbons (Fsp3) is 0.929. The monoisotopic (exact) mass is 236 g/mol. The minimum Gasteiger partial charge on any atom is -0.344 e. The highest BCUT2D eigenvalue weighted by molar-refractivity contribution is 5.81. The number of likely N-dealkylation sites (N-methyl/N-ethyl adjacent to an activating group) is 1. The molecular formula is C14H24N2O. The molecule has 1 aliphatic heterocycles. The molecular weight excluding hydrogens is 212 g/mol. The molecule has 17 heavy (non-hydrogen) atoms. The molecule has 2 aliphatic carbocycles. The fourth-order valence-electron chi connectivity index (χ4n) is 4.20. The van der Waals surface area contributed by atoms with E-state index in [0.29, 0.717) is 5.91 Å². The summed E-state index contributed by atoms with van der Waals surface area (Å²) in [5, 5.41) is 3.30. The van der Waals surface area contributed by atoms with Gasteiger partial charge in [0, 0.05) is 13.6 Å². The molecule has 0 aromatic heterocycles. The van der Waals surface area contributed by atoms with Crippen molar-refractivity contribution < 1.29 is 4.79 Å². The molecule has 2 bridgehead atoms. The second-order valence-corrected chi connectivity index (χ2v) is 6.30. The van der Waals surface area contributed by atoms with E-state index in [2.05, 4.69) is 5.32 Å². The molecule has 0 spiro atoms. The van der Waals surface area contributed by atoms with Crippen LogP contribution in [0, 0.1) is 17.8 Å². The quantitative estimate of drug-likeness (QED) is 0.808. The topological polar surface area (TPSA) is 32.3 Å². The predicted molar refractivity (Wildman–Crippen MR) is 67.6 cm³/mol. The predicted octanol–water partition coefficient (Wildman–Crippen LogP) is 1.63. The SMILES string of the molecule is CN(CC1CC2CCC1C2)C(=O)[C@@H]1CCCN1. The number of fused-ring (bicyclic) bond motifs is 2. The summed E-state index contributed by atoms with van der Waals surface area (Å²) in [6, 6.07) is 0.110. The third-order valence-corrected chi connectivity index (χ3v) is 5.13. The molecule has 3 nitrogen and oxygen atoms in total. The van der Waals surface area contributed by atoms with E-state index in [1.54, 1.807) is 0 Å². The van der Waals surface area contributed by atoms with Crippen molar-refractivity contribution in [2.75, 3.05) is 20.1 Å². The molecule has 3 heteroatoms. The van der Waals surface area contributed by atoms with Gasteiger partial charge >= 0.3 is 0 Å². The van der Waals surface area contributed by atoms with E-state index in [-0.39, 0.29) is 6.04 Å². The van der Waals surface area contributed by atoms with Crippen LogP contribution in [0.3, 0.4) is 0 Å². The van der Waals surface area contributed by atoms with Gasteiger partial charge < -0.3 is 10.2 Å². The Morgan fingerprint density at radius 2 is 2.18 bits per heavy atom. The molecule has 1 saturated heterocycles. The van der Waals surface area contributed by atoms with Crippen molar-refractivity contribution in [2.45, 2.75) is 44.6 Å². The van der Waals surface area contributed by atoms with Crippen molar-refractivity contribution in [3.8, 4) is 0 Å². The lowest BCUT2D eigenvalue weighted by molar-refractivity contribution is -0.132. The second kappa shape index (κ2) is 4.60. The van der Waals surface area contributed by atoms with Crippen molar-refractivity contribution in [3.63, 3.8) is 0 Å². The maximum absolute atomic E-state index is 12.2. The zero-order chi connectivity index (χ0) is 11.8. The van der Waals surface area contributed by atoms with E-state index in [1.807, 2.05) is 11.9 Å². The second-order valence-electron chi connectivity index (χ2n) is 6.30. The van der Waals surface area contributed by atoms with Gasteiger partial charge in [-0.05, 0) is 56.4 Å². The molecule has 3 fully saturated rings. The molecule has 3 aliphatic rings. The molecule has 2 saturated carbocycles. The number of nitrogens with zero attached hydrogens (tertiary/aromatic N) is 1. The zero-order valence-electron chi connectivity index (χ0n) is 10.8. The molecule has 1 heterocycles. The lowest BCUT2D eigenvalue weighted by Gasteiger charge is -2.28. The van der Waals surface area contributed by atoms with Crippen LogP contribution in [0.5, 0.6) is 0 Å². The first-order chi connectivity index (χ1) is 8.24. The molecule has 3 unspecified atom stereocenters. The molecule has 0 radical (unpaired) electrons. The Balaban J connectivity index is 1.52. The Bertz CT molecular complexity index is 299. The van der Waals surface area contributed by atoms with Gasteiger partial charge in [0.2, 0.25) is 5.91 Å². The van der Waals surface area contributed by atoms with Crippen LogP contribution in [-0.4, -0.2) is 37.0 Å². The van der Waals surface area contributed by atoms with Crippen LogP contribution in [0.4, 0.5) is 0 Å². The summed E-state index contributed by atoms with van der Waals surface area (Å²) < 4.78 is 0. The summed E-state index contributed by atoms with van der Waals surface area (Å²) >= 11 is 0. The van der Waals surface area contributed by atoms with Crippen molar-refractivity contribution in [3.05, 3.63) is 0 Å². The van der Waals surface area contributed by atoms with Gasteiger partial charge in [-0.1, -0.05) is 6.42 Å². The number of hydrogen-bond acceptors (Lipinski definition) is 2. The smallest absolute Gasteiger partial charge is 0.239 e. The molecule has 96 valence electrons. The minimum atomic E-state index is 0.110. The Hall–Kier alpha value is -0.570. The first-order valence-electron chi connectivity index (χ1n) is 7.22. The van der Waals surface area contributed by atoms with E-state index >= 15 is 0 Å². The molecule has 0 aromatic rings. The molecule has 0 aromatic carbocycles. The third kappa shape index (κ3) is 2.22. The van der Waals surface area contributed by atoms with E-state index < -0.39 is 0 Å². The number of nitrogens with one attached hydrogen (secondary N) is 1. The van der Waals surface area contributed by atoms with E-state index in [4.69, 9.17) is 0 Å². The van der Waals surface area contributed by atoms with E-state index in [0.717, 1.165) is 43.7 Å². The van der Waals surface area contributed by atoms with Gasteiger partial charge in [-0.25, -0.2) is 0 Å². The van der Waals surface area contributed by atoms with Crippen molar-refractivity contribution in [2.24, 2.45) is 17.8 Å².